The number of halogens is 2. The average molecular weight is 292 g/mol. The summed E-state index contributed by atoms with van der Waals surface area (Å²) in [6.45, 7) is 4.12. The van der Waals surface area contributed by atoms with Gasteiger partial charge in [-0.1, -0.05) is 11.6 Å². The van der Waals surface area contributed by atoms with E-state index in [2.05, 4.69) is 22.5 Å². The standard InChI is InChI=1S/C12H18ClN3O.ClH/c1-8(9-3-2-4-14-6-9)16-12(17)11-5-10(13)7-15-11;/h5,7-9,14-15H,2-4,6H2,1H3,(H,16,17);1H. The summed E-state index contributed by atoms with van der Waals surface area (Å²) in [7, 11) is 0. The van der Waals surface area contributed by atoms with Crippen LogP contribution in [0.25, 0.3) is 0 Å². The topological polar surface area (TPSA) is 56.9 Å². The van der Waals surface area contributed by atoms with Crippen LogP contribution in [0.2, 0.25) is 5.02 Å². The normalized spacial score (nSPS) is 20.9. The molecule has 1 aromatic rings. The molecule has 1 amide bonds. The molecule has 0 spiro atoms. The fraction of sp³-hybridized carbons (Fsp3) is 0.583. The number of nitrogens with one attached hydrogen (secondary N) is 3. The molecule has 6 heteroatoms. The maximum absolute atomic E-state index is 11.9. The van der Waals surface area contributed by atoms with Crippen molar-refractivity contribution in [1.82, 2.24) is 15.6 Å². The Hall–Kier alpha value is -0.710. The Morgan fingerprint density at radius 1 is 1.61 bits per heavy atom. The fourth-order valence-electron chi connectivity index (χ4n) is 2.21. The molecule has 0 bridgehead atoms. The van der Waals surface area contributed by atoms with Crippen molar-refractivity contribution in [3.63, 3.8) is 0 Å². The molecular formula is C12H19Cl2N3O. The lowest BCUT2D eigenvalue weighted by Gasteiger charge is -2.28. The van der Waals surface area contributed by atoms with Crippen molar-refractivity contribution in [2.75, 3.05) is 13.1 Å². The van der Waals surface area contributed by atoms with E-state index in [1.807, 2.05) is 0 Å². The van der Waals surface area contributed by atoms with E-state index in [4.69, 9.17) is 11.6 Å². The van der Waals surface area contributed by atoms with E-state index >= 15 is 0 Å². The van der Waals surface area contributed by atoms with E-state index < -0.39 is 0 Å². The lowest BCUT2D eigenvalue weighted by molar-refractivity contribution is 0.0917. The molecule has 1 aliphatic heterocycles. The van der Waals surface area contributed by atoms with E-state index in [1.54, 1.807) is 12.3 Å². The quantitative estimate of drug-likeness (QED) is 0.800. The third kappa shape index (κ3) is 3.90. The first-order chi connectivity index (χ1) is 8.16. The van der Waals surface area contributed by atoms with Crippen molar-refractivity contribution >= 4 is 29.9 Å². The highest BCUT2D eigenvalue weighted by molar-refractivity contribution is 6.30. The summed E-state index contributed by atoms with van der Waals surface area (Å²) >= 11 is 5.77. The molecule has 2 heterocycles. The molecule has 0 aromatic carbocycles. The first kappa shape index (κ1) is 15.3. The zero-order valence-electron chi connectivity index (χ0n) is 10.3. The molecule has 0 saturated carbocycles. The van der Waals surface area contributed by atoms with Gasteiger partial charge in [0.05, 0.1) is 5.02 Å². The van der Waals surface area contributed by atoms with Crippen LogP contribution in [0.1, 0.15) is 30.3 Å². The van der Waals surface area contributed by atoms with Gasteiger partial charge in [-0.3, -0.25) is 4.79 Å². The number of piperidine rings is 1. The third-order valence-electron chi connectivity index (χ3n) is 3.29. The van der Waals surface area contributed by atoms with Crippen LogP contribution in [0, 0.1) is 5.92 Å². The maximum Gasteiger partial charge on any atom is 0.267 e. The van der Waals surface area contributed by atoms with Gasteiger partial charge in [0.2, 0.25) is 0 Å². The third-order valence-corrected chi connectivity index (χ3v) is 3.51. The molecule has 1 saturated heterocycles. The monoisotopic (exact) mass is 291 g/mol. The minimum absolute atomic E-state index is 0. The molecule has 1 aromatic heterocycles. The number of hydrogen-bond acceptors (Lipinski definition) is 2. The minimum atomic E-state index is -0.0880. The Morgan fingerprint density at radius 3 is 2.94 bits per heavy atom. The summed E-state index contributed by atoms with van der Waals surface area (Å²) in [5.41, 5.74) is 0.519. The molecule has 18 heavy (non-hydrogen) atoms. The van der Waals surface area contributed by atoms with Gasteiger partial charge in [-0.25, -0.2) is 0 Å². The molecule has 1 aliphatic rings. The summed E-state index contributed by atoms with van der Waals surface area (Å²) in [6, 6.07) is 1.82. The number of H-pyrrole nitrogens is 1. The number of rotatable bonds is 3. The number of amides is 1. The zero-order valence-corrected chi connectivity index (χ0v) is 11.9. The first-order valence-corrected chi connectivity index (χ1v) is 6.40. The predicted octanol–water partition coefficient (Wildman–Crippen LogP) is 2.21. The van der Waals surface area contributed by atoms with Crippen LogP contribution in [0.4, 0.5) is 0 Å². The lowest BCUT2D eigenvalue weighted by Crippen LogP contribution is -2.44. The fourth-order valence-corrected chi connectivity index (χ4v) is 2.37. The van der Waals surface area contributed by atoms with Gasteiger partial charge in [0.1, 0.15) is 5.69 Å². The van der Waals surface area contributed by atoms with Gasteiger partial charge in [0, 0.05) is 12.2 Å². The van der Waals surface area contributed by atoms with Gasteiger partial charge in [-0.2, -0.15) is 0 Å². The molecule has 1 fully saturated rings. The van der Waals surface area contributed by atoms with Crippen molar-refractivity contribution in [2.24, 2.45) is 5.92 Å². The highest BCUT2D eigenvalue weighted by Crippen LogP contribution is 2.15. The van der Waals surface area contributed by atoms with Crippen LogP contribution < -0.4 is 10.6 Å². The maximum atomic E-state index is 11.9. The number of carbonyl (C=O) groups excluding carboxylic acids is 1. The van der Waals surface area contributed by atoms with Crippen molar-refractivity contribution < 1.29 is 4.79 Å². The van der Waals surface area contributed by atoms with Gasteiger partial charge in [0.25, 0.3) is 5.91 Å². The van der Waals surface area contributed by atoms with E-state index in [-0.39, 0.29) is 24.4 Å². The molecule has 2 atom stereocenters. The van der Waals surface area contributed by atoms with E-state index in [0.29, 0.717) is 16.6 Å². The summed E-state index contributed by atoms with van der Waals surface area (Å²) in [6.07, 6.45) is 3.96. The van der Waals surface area contributed by atoms with Crippen LogP contribution in [-0.2, 0) is 0 Å². The zero-order chi connectivity index (χ0) is 12.3. The minimum Gasteiger partial charge on any atom is -0.356 e. The van der Waals surface area contributed by atoms with Crippen molar-refractivity contribution in [3.8, 4) is 0 Å². The van der Waals surface area contributed by atoms with Crippen LogP contribution in [-0.4, -0.2) is 30.0 Å². The molecule has 2 rings (SSSR count). The van der Waals surface area contributed by atoms with Gasteiger partial charge >= 0.3 is 0 Å². The van der Waals surface area contributed by atoms with E-state index in [1.165, 1.54) is 12.8 Å². The molecule has 4 nitrogen and oxygen atoms in total. The Labute approximate surface area is 118 Å². The summed E-state index contributed by atoms with van der Waals surface area (Å²) in [5, 5.41) is 6.92. The molecule has 0 radical (unpaired) electrons. The van der Waals surface area contributed by atoms with Crippen LogP contribution in [0.15, 0.2) is 12.3 Å². The molecule has 102 valence electrons. The number of aromatic amines is 1. The van der Waals surface area contributed by atoms with Gasteiger partial charge in [0.15, 0.2) is 0 Å². The Bertz CT molecular complexity index is 388. The SMILES string of the molecule is CC(NC(=O)c1cc(Cl)c[nH]1)C1CCCNC1.Cl. The Balaban J connectivity index is 0.00000162. The van der Waals surface area contributed by atoms with Gasteiger partial charge in [-0.15, -0.1) is 12.4 Å². The second kappa shape index (κ2) is 7.02. The highest BCUT2D eigenvalue weighted by atomic mass is 35.5. The van der Waals surface area contributed by atoms with Crippen molar-refractivity contribution in [3.05, 3.63) is 23.0 Å². The van der Waals surface area contributed by atoms with Crippen molar-refractivity contribution in [2.45, 2.75) is 25.8 Å². The molecule has 2 unspecified atom stereocenters. The number of hydrogen-bond donors (Lipinski definition) is 3. The van der Waals surface area contributed by atoms with Gasteiger partial charge in [-0.05, 0) is 44.8 Å². The van der Waals surface area contributed by atoms with Crippen LogP contribution >= 0.6 is 24.0 Å². The smallest absolute Gasteiger partial charge is 0.267 e. The highest BCUT2D eigenvalue weighted by Gasteiger charge is 2.21. The van der Waals surface area contributed by atoms with Crippen molar-refractivity contribution in [1.29, 1.82) is 0 Å². The average Bonchev–Trinajstić information content (AvgIpc) is 2.77. The second-order valence-electron chi connectivity index (χ2n) is 4.60. The Morgan fingerprint density at radius 2 is 2.39 bits per heavy atom. The van der Waals surface area contributed by atoms with Crippen LogP contribution in [0.3, 0.4) is 0 Å². The summed E-state index contributed by atoms with van der Waals surface area (Å²) < 4.78 is 0. The van der Waals surface area contributed by atoms with E-state index in [9.17, 15) is 4.79 Å². The molecular weight excluding hydrogens is 273 g/mol. The number of aromatic nitrogens is 1. The first-order valence-electron chi connectivity index (χ1n) is 6.02. The number of carbonyl (C=O) groups is 1. The molecule has 0 aliphatic carbocycles. The van der Waals surface area contributed by atoms with E-state index in [0.717, 1.165) is 13.1 Å². The lowest BCUT2D eigenvalue weighted by atomic mass is 9.93. The second-order valence-corrected chi connectivity index (χ2v) is 5.04. The molecule has 3 N–H and O–H groups in total. The van der Waals surface area contributed by atoms with Crippen LogP contribution in [0.5, 0.6) is 0 Å². The summed E-state index contributed by atoms with van der Waals surface area (Å²) in [4.78, 5) is 14.7. The van der Waals surface area contributed by atoms with Gasteiger partial charge < -0.3 is 15.6 Å². The summed E-state index contributed by atoms with van der Waals surface area (Å²) in [5.74, 6) is 0.424. The predicted molar refractivity (Wildman–Crippen MR) is 75.6 cm³/mol. The Kier molecular flexibility index (Phi) is 5.99. The largest absolute Gasteiger partial charge is 0.356 e.